The highest BCUT2D eigenvalue weighted by atomic mass is 16.3. The Labute approximate surface area is 144 Å². The average molecular weight is 331 g/mol. The van der Waals surface area contributed by atoms with E-state index in [1.165, 1.54) is 0 Å². The van der Waals surface area contributed by atoms with Crippen molar-refractivity contribution in [3.05, 3.63) is 40.6 Å². The van der Waals surface area contributed by atoms with Crippen molar-refractivity contribution in [3.8, 4) is 0 Å². The van der Waals surface area contributed by atoms with Gasteiger partial charge in [0.1, 0.15) is 11.5 Å². The van der Waals surface area contributed by atoms with Gasteiger partial charge in [-0.25, -0.2) is 0 Å². The number of nitrogens with zero attached hydrogens (tertiary/aromatic N) is 2. The smallest absolute Gasteiger partial charge is 0.228 e. The first-order chi connectivity index (χ1) is 11.0. The molecule has 2 aromatic heterocycles. The number of hydrogen-bond donors (Lipinski definition) is 1. The van der Waals surface area contributed by atoms with E-state index >= 15 is 0 Å². The summed E-state index contributed by atoms with van der Waals surface area (Å²) >= 11 is 0. The molecule has 0 bridgehead atoms. The Kier molecular flexibility index (Phi) is 4.92. The molecule has 132 valence electrons. The zero-order valence-corrected chi connectivity index (χ0v) is 16.0. The van der Waals surface area contributed by atoms with Crippen LogP contribution in [-0.4, -0.2) is 15.7 Å². The van der Waals surface area contributed by atoms with Crippen molar-refractivity contribution in [2.75, 3.05) is 0 Å². The summed E-state index contributed by atoms with van der Waals surface area (Å²) in [4.78, 5) is 12.9. The zero-order chi connectivity index (χ0) is 18.2. The van der Waals surface area contributed by atoms with Crippen LogP contribution in [0.4, 0.5) is 0 Å². The molecule has 2 atom stereocenters. The van der Waals surface area contributed by atoms with Gasteiger partial charge in [-0.2, -0.15) is 5.10 Å². The molecule has 1 N–H and O–H groups in total. The van der Waals surface area contributed by atoms with Crippen molar-refractivity contribution in [2.45, 2.75) is 60.4 Å². The second-order valence-corrected chi connectivity index (χ2v) is 7.69. The molecule has 2 rings (SSSR count). The van der Waals surface area contributed by atoms with Gasteiger partial charge in [-0.3, -0.25) is 9.48 Å². The minimum atomic E-state index is -0.264. The van der Waals surface area contributed by atoms with Gasteiger partial charge in [0.2, 0.25) is 5.91 Å². The fraction of sp³-hybridized carbons (Fsp3) is 0.579. The maximum atomic E-state index is 12.9. The third-order valence-electron chi connectivity index (χ3n) is 4.59. The predicted octanol–water partition coefficient (Wildman–Crippen LogP) is 3.95. The number of amides is 1. The molecule has 5 nitrogen and oxygen atoms in total. The van der Waals surface area contributed by atoms with Crippen LogP contribution in [0.5, 0.6) is 0 Å². The molecule has 0 radical (unpaired) electrons. The van der Waals surface area contributed by atoms with Crippen molar-refractivity contribution in [1.29, 1.82) is 0 Å². The summed E-state index contributed by atoms with van der Waals surface area (Å²) in [5.74, 6) is 1.36. The summed E-state index contributed by atoms with van der Waals surface area (Å²) in [6, 6.07) is 3.69. The quantitative estimate of drug-likeness (QED) is 0.923. The molecule has 0 aliphatic rings. The first-order valence-corrected chi connectivity index (χ1v) is 8.39. The van der Waals surface area contributed by atoms with E-state index in [9.17, 15) is 4.79 Å². The topological polar surface area (TPSA) is 60.1 Å². The molecule has 0 saturated heterocycles. The molecule has 0 aliphatic heterocycles. The number of aryl methyl sites for hydroxylation is 3. The fourth-order valence-electron chi connectivity index (χ4n) is 3.14. The van der Waals surface area contributed by atoms with Gasteiger partial charge in [0.15, 0.2) is 0 Å². The van der Waals surface area contributed by atoms with E-state index in [4.69, 9.17) is 4.42 Å². The summed E-state index contributed by atoms with van der Waals surface area (Å²) in [5, 5.41) is 7.60. The highest BCUT2D eigenvalue weighted by Crippen LogP contribution is 2.34. The van der Waals surface area contributed by atoms with E-state index in [0.717, 1.165) is 28.5 Å². The first-order valence-electron chi connectivity index (χ1n) is 8.39. The van der Waals surface area contributed by atoms with Crippen LogP contribution in [0.3, 0.4) is 0 Å². The Morgan fingerprint density at radius 1 is 1.25 bits per heavy atom. The highest BCUT2D eigenvalue weighted by Gasteiger charge is 2.33. The highest BCUT2D eigenvalue weighted by molar-refractivity contribution is 5.84. The molecule has 0 fully saturated rings. The molecular formula is C19H29N3O2. The molecule has 0 aromatic carbocycles. The summed E-state index contributed by atoms with van der Waals surface area (Å²) in [5.41, 5.74) is 2.77. The molecule has 0 unspecified atom stereocenters. The van der Waals surface area contributed by atoms with Gasteiger partial charge in [-0.05, 0) is 45.2 Å². The lowest BCUT2D eigenvalue weighted by molar-refractivity contribution is -0.124. The Bertz CT molecular complexity index is 734. The van der Waals surface area contributed by atoms with E-state index in [1.54, 1.807) is 0 Å². The molecule has 24 heavy (non-hydrogen) atoms. The zero-order valence-electron chi connectivity index (χ0n) is 16.0. The first kappa shape index (κ1) is 18.3. The summed E-state index contributed by atoms with van der Waals surface area (Å²) < 4.78 is 7.60. The van der Waals surface area contributed by atoms with E-state index in [2.05, 4.69) is 31.2 Å². The van der Waals surface area contributed by atoms with Crippen LogP contribution >= 0.6 is 0 Å². The predicted molar refractivity (Wildman–Crippen MR) is 94.9 cm³/mol. The third kappa shape index (κ3) is 3.55. The van der Waals surface area contributed by atoms with Gasteiger partial charge in [0, 0.05) is 18.3 Å². The van der Waals surface area contributed by atoms with Crippen LogP contribution in [0.15, 0.2) is 16.5 Å². The molecule has 2 heterocycles. The number of carbonyl (C=O) groups is 1. The minimum absolute atomic E-state index is 0.0109. The molecule has 0 spiro atoms. The van der Waals surface area contributed by atoms with Crippen LogP contribution in [0, 0.1) is 26.2 Å². The lowest BCUT2D eigenvalue weighted by Crippen LogP contribution is -2.38. The van der Waals surface area contributed by atoms with Gasteiger partial charge in [-0.15, -0.1) is 0 Å². The van der Waals surface area contributed by atoms with Crippen molar-refractivity contribution in [1.82, 2.24) is 15.1 Å². The number of furan rings is 1. The number of rotatable bonds is 4. The van der Waals surface area contributed by atoms with Crippen molar-refractivity contribution in [3.63, 3.8) is 0 Å². The van der Waals surface area contributed by atoms with Crippen LogP contribution in [-0.2, 0) is 11.8 Å². The number of aromatic nitrogens is 2. The van der Waals surface area contributed by atoms with Crippen molar-refractivity contribution in [2.24, 2.45) is 12.5 Å². The van der Waals surface area contributed by atoms with Crippen molar-refractivity contribution >= 4 is 5.91 Å². The number of carbonyl (C=O) groups excluding carboxylic acids is 1. The van der Waals surface area contributed by atoms with Gasteiger partial charge in [0.05, 0.1) is 17.7 Å². The molecule has 2 aromatic rings. The van der Waals surface area contributed by atoms with E-state index < -0.39 is 0 Å². The molecule has 1 amide bonds. The second kappa shape index (κ2) is 6.46. The van der Waals surface area contributed by atoms with Gasteiger partial charge >= 0.3 is 0 Å². The Balaban J connectivity index is 2.27. The largest absolute Gasteiger partial charge is 0.464 e. The average Bonchev–Trinajstić information content (AvgIpc) is 2.98. The summed E-state index contributed by atoms with van der Waals surface area (Å²) in [6.07, 6.45) is 0. The molecule has 5 heteroatoms. The number of hydrogen-bond acceptors (Lipinski definition) is 3. The summed E-state index contributed by atoms with van der Waals surface area (Å²) in [6.45, 7) is 14.1. The lowest BCUT2D eigenvalue weighted by atomic mass is 9.84. The van der Waals surface area contributed by atoms with Crippen LogP contribution in [0.1, 0.15) is 68.1 Å². The Morgan fingerprint density at radius 2 is 1.88 bits per heavy atom. The molecular weight excluding hydrogens is 302 g/mol. The van der Waals surface area contributed by atoms with Gasteiger partial charge in [0.25, 0.3) is 0 Å². The third-order valence-corrected chi connectivity index (χ3v) is 4.59. The van der Waals surface area contributed by atoms with Gasteiger partial charge < -0.3 is 9.73 Å². The Morgan fingerprint density at radius 3 is 2.29 bits per heavy atom. The SMILES string of the molecule is Cc1ccc([C@@H](NC(=O)[C@H](C)c2c(C)nn(C)c2C)C(C)(C)C)o1. The standard InChI is InChI=1S/C19H29N3O2/c1-11-9-10-15(24-11)17(19(5,6)7)20-18(23)12(2)16-13(3)21-22(8)14(16)4/h9-10,12,17H,1-8H3,(H,20,23)/t12-,17-/m1/s1. The monoisotopic (exact) mass is 331 g/mol. The van der Waals surface area contributed by atoms with Gasteiger partial charge in [-0.1, -0.05) is 20.8 Å². The molecule has 0 saturated carbocycles. The fourth-order valence-corrected chi connectivity index (χ4v) is 3.14. The van der Waals surface area contributed by atoms with E-state index in [-0.39, 0.29) is 23.3 Å². The van der Waals surface area contributed by atoms with Crippen LogP contribution in [0.2, 0.25) is 0 Å². The van der Waals surface area contributed by atoms with Crippen LogP contribution in [0.25, 0.3) is 0 Å². The van der Waals surface area contributed by atoms with E-state index in [1.807, 2.05) is 51.6 Å². The van der Waals surface area contributed by atoms with E-state index in [0.29, 0.717) is 0 Å². The normalized spacial score (nSPS) is 14.5. The Hall–Kier alpha value is -2.04. The number of nitrogens with one attached hydrogen (secondary N) is 1. The minimum Gasteiger partial charge on any atom is -0.464 e. The second-order valence-electron chi connectivity index (χ2n) is 7.69. The molecule has 0 aliphatic carbocycles. The maximum Gasteiger partial charge on any atom is 0.228 e. The van der Waals surface area contributed by atoms with Crippen molar-refractivity contribution < 1.29 is 9.21 Å². The van der Waals surface area contributed by atoms with Crippen LogP contribution < -0.4 is 5.32 Å². The lowest BCUT2D eigenvalue weighted by Gasteiger charge is -2.31. The summed E-state index contributed by atoms with van der Waals surface area (Å²) in [7, 11) is 1.90. The maximum absolute atomic E-state index is 12.9.